The molecule has 0 aromatic heterocycles. The Morgan fingerprint density at radius 3 is 1.29 bits per heavy atom. The summed E-state index contributed by atoms with van der Waals surface area (Å²) in [5.74, 6) is 0. The Bertz CT molecular complexity index is 366. The third-order valence-corrected chi connectivity index (χ3v) is 2.76. The third-order valence-electron chi connectivity index (χ3n) is 2.76. The smallest absolute Gasteiger partial charge is 0 e. The molecule has 0 unspecified atom stereocenters. The van der Waals surface area contributed by atoms with E-state index in [2.05, 4.69) is 64.1 Å². The summed E-state index contributed by atoms with van der Waals surface area (Å²) in [5.41, 5.74) is 5.65. The van der Waals surface area contributed by atoms with E-state index in [1.807, 2.05) is 0 Å². The molecule has 0 atom stereocenters. The monoisotopic (exact) mass is 394 g/mol. The van der Waals surface area contributed by atoms with E-state index < -0.39 is 0 Å². The van der Waals surface area contributed by atoms with Gasteiger partial charge < -0.3 is 0 Å². The van der Waals surface area contributed by atoms with Gasteiger partial charge in [0.25, 0.3) is 0 Å². The largest absolute Gasteiger partial charge is 0.210 e. The van der Waals surface area contributed by atoms with Crippen molar-refractivity contribution in [1.82, 2.24) is 0 Å². The Kier molecular flexibility index (Phi) is 8.41. The molecule has 0 saturated heterocycles. The fourth-order valence-electron chi connectivity index (χ4n) is 1.69. The quantitative estimate of drug-likeness (QED) is 0.519. The van der Waals surface area contributed by atoms with Gasteiger partial charge in [-0.05, 0) is 0 Å². The van der Waals surface area contributed by atoms with Crippen LogP contribution in [0.5, 0.6) is 0 Å². The molecule has 2 aromatic rings. The Hall–Kier alpha value is -0.430. The Morgan fingerprint density at radius 2 is 1.18 bits per heavy atom. The second-order valence-corrected chi connectivity index (χ2v) is 4.30. The van der Waals surface area contributed by atoms with Gasteiger partial charge in [0.15, 0.2) is 0 Å². The van der Waals surface area contributed by atoms with Gasteiger partial charge in [0, 0.05) is 25.8 Å². The van der Waals surface area contributed by atoms with E-state index in [0.717, 1.165) is 12.8 Å². The van der Waals surface area contributed by atoms with Crippen molar-refractivity contribution in [2.24, 2.45) is 0 Å². The van der Waals surface area contributed by atoms with Gasteiger partial charge in [0.1, 0.15) is 0 Å². The molecule has 0 amide bonds. The summed E-state index contributed by atoms with van der Waals surface area (Å²) in [7, 11) is 0. The SMILES string of the molecule is CCc1cc[c-](C)c1.CCc1cc[c-](C)c1.[Hf]. The van der Waals surface area contributed by atoms with Crippen LogP contribution in [-0.2, 0) is 38.7 Å². The number of aryl methyl sites for hydroxylation is 4. The van der Waals surface area contributed by atoms with Gasteiger partial charge in [0.2, 0.25) is 0 Å². The molecule has 0 fully saturated rings. The van der Waals surface area contributed by atoms with Crippen molar-refractivity contribution in [3.05, 3.63) is 58.7 Å². The minimum Gasteiger partial charge on any atom is -0.210 e. The van der Waals surface area contributed by atoms with Gasteiger partial charge in [-0.2, -0.15) is 46.5 Å². The minimum atomic E-state index is 0. The van der Waals surface area contributed by atoms with Gasteiger partial charge in [-0.3, -0.25) is 0 Å². The molecule has 0 bridgehead atoms. The molecular formula is C16H22Hf-2. The average Bonchev–Trinajstić information content (AvgIpc) is 2.88. The average molecular weight is 393 g/mol. The van der Waals surface area contributed by atoms with Gasteiger partial charge in [-0.1, -0.05) is 40.5 Å². The van der Waals surface area contributed by atoms with E-state index in [1.54, 1.807) is 0 Å². The molecule has 0 nitrogen and oxygen atoms in total. The molecule has 1 heteroatoms. The molecule has 0 spiro atoms. The van der Waals surface area contributed by atoms with E-state index in [1.165, 1.54) is 22.3 Å². The van der Waals surface area contributed by atoms with Crippen LogP contribution in [0.3, 0.4) is 0 Å². The molecule has 0 aliphatic heterocycles. The van der Waals surface area contributed by atoms with Crippen LogP contribution in [0.1, 0.15) is 36.1 Å². The summed E-state index contributed by atoms with van der Waals surface area (Å²) < 4.78 is 0. The molecule has 2 aromatic carbocycles. The molecule has 0 saturated carbocycles. The molecule has 92 valence electrons. The molecule has 0 heterocycles. The van der Waals surface area contributed by atoms with Crippen LogP contribution in [-0.4, -0.2) is 0 Å². The normalized spacial score (nSPS) is 9.18. The first kappa shape index (κ1) is 16.6. The Balaban J connectivity index is 0.000000284. The van der Waals surface area contributed by atoms with Gasteiger partial charge >= 0.3 is 0 Å². The van der Waals surface area contributed by atoms with Gasteiger partial charge in [-0.15, -0.1) is 0 Å². The zero-order chi connectivity index (χ0) is 12.0. The molecular weight excluding hydrogens is 371 g/mol. The number of hydrogen-bond acceptors (Lipinski definition) is 0. The first-order valence-electron chi connectivity index (χ1n) is 6.10. The molecule has 2 rings (SSSR count). The first-order valence-corrected chi connectivity index (χ1v) is 6.10. The predicted octanol–water partition coefficient (Wildman–Crippen LogP) is 4.55. The van der Waals surface area contributed by atoms with E-state index in [9.17, 15) is 0 Å². The maximum atomic E-state index is 2.22. The van der Waals surface area contributed by atoms with Crippen molar-refractivity contribution in [3.8, 4) is 0 Å². The van der Waals surface area contributed by atoms with Crippen molar-refractivity contribution in [2.45, 2.75) is 40.5 Å². The van der Waals surface area contributed by atoms with E-state index in [4.69, 9.17) is 0 Å². The Labute approximate surface area is 125 Å². The summed E-state index contributed by atoms with van der Waals surface area (Å²) in [6.45, 7) is 8.60. The van der Waals surface area contributed by atoms with E-state index in [-0.39, 0.29) is 25.8 Å². The second-order valence-electron chi connectivity index (χ2n) is 4.30. The molecule has 0 aliphatic rings. The number of hydrogen-bond donors (Lipinski definition) is 0. The summed E-state index contributed by atoms with van der Waals surface area (Å²) in [5, 5.41) is 0. The summed E-state index contributed by atoms with van der Waals surface area (Å²) in [6.07, 6.45) is 2.32. The van der Waals surface area contributed by atoms with Crippen molar-refractivity contribution < 1.29 is 25.8 Å². The maximum absolute atomic E-state index is 2.22. The predicted molar refractivity (Wildman–Crippen MR) is 72.3 cm³/mol. The summed E-state index contributed by atoms with van der Waals surface area (Å²) in [4.78, 5) is 0. The van der Waals surface area contributed by atoms with Crippen LogP contribution in [0, 0.1) is 13.8 Å². The molecule has 17 heavy (non-hydrogen) atoms. The zero-order valence-electron chi connectivity index (χ0n) is 11.4. The topological polar surface area (TPSA) is 0 Å². The van der Waals surface area contributed by atoms with Crippen molar-refractivity contribution >= 4 is 0 Å². The first-order chi connectivity index (χ1) is 7.65. The van der Waals surface area contributed by atoms with Crippen LogP contribution in [0.25, 0.3) is 0 Å². The van der Waals surface area contributed by atoms with Crippen LogP contribution in [0.2, 0.25) is 0 Å². The van der Waals surface area contributed by atoms with Crippen LogP contribution in [0.4, 0.5) is 0 Å². The van der Waals surface area contributed by atoms with Crippen molar-refractivity contribution in [3.63, 3.8) is 0 Å². The molecule has 0 radical (unpaired) electrons. The summed E-state index contributed by atoms with van der Waals surface area (Å²) in [6, 6.07) is 13.1. The fourth-order valence-corrected chi connectivity index (χ4v) is 1.69. The zero-order valence-corrected chi connectivity index (χ0v) is 15.0. The van der Waals surface area contributed by atoms with Crippen LogP contribution in [0.15, 0.2) is 36.4 Å². The third kappa shape index (κ3) is 6.16. The van der Waals surface area contributed by atoms with Gasteiger partial charge in [0.05, 0.1) is 0 Å². The minimum absolute atomic E-state index is 0. The van der Waals surface area contributed by atoms with Crippen LogP contribution >= 0.6 is 0 Å². The van der Waals surface area contributed by atoms with Gasteiger partial charge in [-0.25, -0.2) is 12.1 Å². The van der Waals surface area contributed by atoms with Crippen LogP contribution < -0.4 is 0 Å². The molecule has 0 aliphatic carbocycles. The molecule has 0 N–H and O–H groups in total. The maximum Gasteiger partial charge on any atom is 0 e. The standard InChI is InChI=1S/2C8H11.Hf/c2*1-3-8-5-4-7(2)6-8;/h2*4-6H,3H2,1-2H3;/q2*-1;. The number of rotatable bonds is 2. The second kappa shape index (κ2) is 8.63. The fraction of sp³-hybridized carbons (Fsp3) is 0.375. The summed E-state index contributed by atoms with van der Waals surface area (Å²) >= 11 is 0. The van der Waals surface area contributed by atoms with E-state index >= 15 is 0 Å². The van der Waals surface area contributed by atoms with Crippen molar-refractivity contribution in [1.29, 1.82) is 0 Å². The Morgan fingerprint density at radius 1 is 0.824 bits per heavy atom. The van der Waals surface area contributed by atoms with E-state index in [0.29, 0.717) is 0 Å². The van der Waals surface area contributed by atoms with Crippen molar-refractivity contribution in [2.75, 3.05) is 0 Å².